The van der Waals surface area contributed by atoms with Crippen molar-refractivity contribution in [1.29, 1.82) is 0 Å². The van der Waals surface area contributed by atoms with Crippen LogP contribution in [0.5, 0.6) is 0 Å². The van der Waals surface area contributed by atoms with Crippen molar-refractivity contribution in [3.8, 4) is 0 Å². The monoisotopic (exact) mass is 369 g/mol. The van der Waals surface area contributed by atoms with Crippen molar-refractivity contribution < 1.29 is 29.7 Å². The van der Waals surface area contributed by atoms with E-state index in [1.807, 2.05) is 0 Å². The first-order chi connectivity index (χ1) is 12.2. The summed E-state index contributed by atoms with van der Waals surface area (Å²) in [5, 5.41) is 29.5. The number of nitrogens with zero attached hydrogens (tertiary/aromatic N) is 3. The first-order valence-electron chi connectivity index (χ1n) is 9.18. The second-order valence-electron chi connectivity index (χ2n) is 7.69. The van der Waals surface area contributed by atoms with Gasteiger partial charge in [0.25, 0.3) is 5.91 Å². The third kappa shape index (κ3) is 3.50. The zero-order valence-corrected chi connectivity index (χ0v) is 15.0. The topological polar surface area (TPSA) is 122 Å². The Morgan fingerprint density at radius 1 is 1.23 bits per heavy atom. The van der Waals surface area contributed by atoms with E-state index in [1.165, 1.54) is 16.7 Å². The zero-order valence-electron chi connectivity index (χ0n) is 15.0. The molecule has 3 atom stereocenters. The van der Waals surface area contributed by atoms with Gasteiger partial charge < -0.3 is 25.1 Å². The predicted octanol–water partition coefficient (Wildman–Crippen LogP) is -0.678. The van der Waals surface area contributed by atoms with Crippen LogP contribution < -0.4 is 0 Å². The van der Waals surface area contributed by atoms with Crippen molar-refractivity contribution in [2.45, 2.75) is 50.9 Å². The highest BCUT2D eigenvalue weighted by atomic mass is 16.4. The van der Waals surface area contributed by atoms with Crippen molar-refractivity contribution in [1.82, 2.24) is 14.7 Å². The highest BCUT2D eigenvalue weighted by Gasteiger charge is 2.52. The molecule has 146 valence electrons. The van der Waals surface area contributed by atoms with Gasteiger partial charge in [-0.3, -0.25) is 14.5 Å². The molecule has 3 rings (SSSR count). The van der Waals surface area contributed by atoms with Crippen molar-refractivity contribution in [3.63, 3.8) is 0 Å². The summed E-state index contributed by atoms with van der Waals surface area (Å²) in [6, 6.07) is -0.763. The van der Waals surface area contributed by atoms with Crippen LogP contribution in [0.1, 0.15) is 32.6 Å². The van der Waals surface area contributed by atoms with Gasteiger partial charge in [-0.05, 0) is 38.0 Å². The highest BCUT2D eigenvalue weighted by Crippen LogP contribution is 2.53. The first-order valence-corrected chi connectivity index (χ1v) is 9.18. The third-order valence-corrected chi connectivity index (χ3v) is 6.13. The number of hydrogen-bond acceptors (Lipinski definition) is 5. The molecule has 1 spiro atoms. The maximum Gasteiger partial charge on any atom is 0.408 e. The lowest BCUT2D eigenvalue weighted by Crippen LogP contribution is -2.57. The number of piperidine rings is 1. The van der Waals surface area contributed by atoms with Crippen LogP contribution in [0.4, 0.5) is 4.79 Å². The normalized spacial score (nSPS) is 29.0. The van der Waals surface area contributed by atoms with Gasteiger partial charge in [0.2, 0.25) is 5.91 Å². The fraction of sp³-hybridized carbons (Fsp3) is 0.824. The molecule has 3 fully saturated rings. The third-order valence-electron chi connectivity index (χ3n) is 6.13. The second kappa shape index (κ2) is 7.03. The molecule has 1 aliphatic carbocycles. The molecule has 0 unspecified atom stereocenters. The number of carboxylic acid groups (broad SMARTS) is 1. The Hall–Kier alpha value is -1.87. The smallest absolute Gasteiger partial charge is 0.408 e. The van der Waals surface area contributed by atoms with Gasteiger partial charge in [0, 0.05) is 32.7 Å². The van der Waals surface area contributed by atoms with Crippen LogP contribution in [-0.4, -0.2) is 98.9 Å². The minimum absolute atomic E-state index is 0.00585. The van der Waals surface area contributed by atoms with E-state index in [2.05, 4.69) is 0 Å². The van der Waals surface area contributed by atoms with Crippen LogP contribution in [0.25, 0.3) is 0 Å². The molecule has 3 amide bonds. The number of hydrogen-bond donors (Lipinski definition) is 3. The molecule has 26 heavy (non-hydrogen) atoms. The molecule has 0 aromatic carbocycles. The van der Waals surface area contributed by atoms with Crippen molar-refractivity contribution >= 4 is 17.9 Å². The van der Waals surface area contributed by atoms with Gasteiger partial charge in [0.15, 0.2) is 0 Å². The van der Waals surface area contributed by atoms with E-state index in [0.29, 0.717) is 6.54 Å². The molecule has 3 N–H and O–H groups in total. The molecule has 0 aromatic rings. The number of aliphatic hydroxyl groups is 2. The molecule has 0 radical (unpaired) electrons. The molecule has 2 aliphatic heterocycles. The quantitative estimate of drug-likeness (QED) is 0.604. The van der Waals surface area contributed by atoms with Gasteiger partial charge in [-0.1, -0.05) is 0 Å². The number of β-amino-alcohol motifs (C(OH)–C–C–N with tert-alkyl or cyclic N) is 1. The minimum atomic E-state index is -1.23. The summed E-state index contributed by atoms with van der Waals surface area (Å²) in [6.45, 7) is 2.99. The van der Waals surface area contributed by atoms with E-state index >= 15 is 0 Å². The maximum absolute atomic E-state index is 12.4. The Labute approximate surface area is 152 Å². The molecular formula is C17H27N3O6. The van der Waals surface area contributed by atoms with Gasteiger partial charge in [0.1, 0.15) is 12.1 Å². The van der Waals surface area contributed by atoms with Gasteiger partial charge in [-0.25, -0.2) is 4.79 Å². The van der Waals surface area contributed by atoms with Gasteiger partial charge >= 0.3 is 6.09 Å². The fourth-order valence-electron chi connectivity index (χ4n) is 3.99. The van der Waals surface area contributed by atoms with Crippen LogP contribution in [0, 0.1) is 5.41 Å². The SMILES string of the molecule is C[C@H]1C(=O)N(CC[C@@H](O)C(=O)N2CCC3(CC3)[C@H](O)C2)CCN1C(=O)O. The Morgan fingerprint density at radius 3 is 2.50 bits per heavy atom. The van der Waals surface area contributed by atoms with Crippen molar-refractivity contribution in [2.75, 3.05) is 32.7 Å². The molecule has 9 nitrogen and oxygen atoms in total. The van der Waals surface area contributed by atoms with Crippen LogP contribution in [-0.2, 0) is 9.59 Å². The number of carbonyl (C=O) groups excluding carboxylic acids is 2. The summed E-state index contributed by atoms with van der Waals surface area (Å²) < 4.78 is 0. The van der Waals surface area contributed by atoms with E-state index in [9.17, 15) is 24.6 Å². The Bertz CT molecular complexity index is 593. The Balaban J connectivity index is 1.48. The average Bonchev–Trinajstić information content (AvgIpc) is 3.38. The number of likely N-dealkylation sites (tertiary alicyclic amines) is 1. The van der Waals surface area contributed by atoms with E-state index in [-0.39, 0.29) is 43.9 Å². The number of aliphatic hydroxyl groups excluding tert-OH is 2. The molecule has 9 heteroatoms. The number of amides is 3. The molecule has 3 aliphatic rings. The molecule has 2 heterocycles. The molecule has 0 bridgehead atoms. The summed E-state index contributed by atoms with van der Waals surface area (Å²) >= 11 is 0. The van der Waals surface area contributed by atoms with E-state index in [1.54, 1.807) is 0 Å². The van der Waals surface area contributed by atoms with Crippen LogP contribution in [0.2, 0.25) is 0 Å². The lowest BCUT2D eigenvalue weighted by molar-refractivity contribution is -0.147. The summed E-state index contributed by atoms with van der Waals surface area (Å²) in [5.41, 5.74) is -0.00585. The van der Waals surface area contributed by atoms with Crippen LogP contribution in [0.15, 0.2) is 0 Å². The summed E-state index contributed by atoms with van der Waals surface area (Å²) in [7, 11) is 0. The standard InChI is InChI=1S/C17H27N3O6/c1-11-14(23)18(8-9-20(11)16(25)26)6-2-12(21)15(24)19-7-5-17(3-4-17)13(22)10-19/h11-13,21-22H,2-10H2,1H3,(H,25,26)/t11-,12+,13+/m0/s1. The number of rotatable bonds is 4. The summed E-state index contributed by atoms with van der Waals surface area (Å²) in [5.74, 6) is -0.730. The number of piperazine rings is 1. The predicted molar refractivity (Wildman–Crippen MR) is 90.3 cm³/mol. The molecule has 1 saturated carbocycles. The zero-order chi connectivity index (χ0) is 19.1. The average molecular weight is 369 g/mol. The maximum atomic E-state index is 12.4. The highest BCUT2D eigenvalue weighted by molar-refractivity contribution is 5.86. The van der Waals surface area contributed by atoms with E-state index in [4.69, 9.17) is 5.11 Å². The van der Waals surface area contributed by atoms with Gasteiger partial charge in [0.05, 0.1) is 6.10 Å². The Morgan fingerprint density at radius 2 is 1.92 bits per heavy atom. The van der Waals surface area contributed by atoms with Gasteiger partial charge in [-0.2, -0.15) is 0 Å². The Kier molecular flexibility index (Phi) is 5.12. The lowest BCUT2D eigenvalue weighted by Gasteiger charge is -2.39. The largest absolute Gasteiger partial charge is 0.465 e. The van der Waals surface area contributed by atoms with E-state index < -0.39 is 30.3 Å². The van der Waals surface area contributed by atoms with Crippen molar-refractivity contribution in [3.05, 3.63) is 0 Å². The molecule has 2 saturated heterocycles. The molecular weight excluding hydrogens is 342 g/mol. The second-order valence-corrected chi connectivity index (χ2v) is 7.69. The van der Waals surface area contributed by atoms with Gasteiger partial charge in [-0.15, -0.1) is 0 Å². The van der Waals surface area contributed by atoms with Crippen molar-refractivity contribution in [2.24, 2.45) is 5.41 Å². The summed E-state index contributed by atoms with van der Waals surface area (Å²) in [6.07, 6.45) is -0.0160. The van der Waals surface area contributed by atoms with Crippen LogP contribution >= 0.6 is 0 Å². The minimum Gasteiger partial charge on any atom is -0.465 e. The molecule has 0 aromatic heterocycles. The van der Waals surface area contributed by atoms with E-state index in [0.717, 1.165) is 24.2 Å². The lowest BCUT2D eigenvalue weighted by atomic mass is 9.90. The fourth-order valence-corrected chi connectivity index (χ4v) is 3.99. The first kappa shape index (κ1) is 18.9. The summed E-state index contributed by atoms with van der Waals surface area (Å²) in [4.78, 5) is 39.8. The van der Waals surface area contributed by atoms with Crippen LogP contribution in [0.3, 0.4) is 0 Å². The number of carbonyl (C=O) groups is 3.